The molecular formula is C40H43ClN2O8. The maximum absolute atomic E-state index is 13.3. The molecule has 2 saturated heterocycles. The summed E-state index contributed by atoms with van der Waals surface area (Å²) in [7, 11) is 2.64. The molecule has 4 aromatic rings. The lowest BCUT2D eigenvalue weighted by atomic mass is 9.90. The van der Waals surface area contributed by atoms with Crippen LogP contribution < -0.4 is 5.32 Å². The maximum atomic E-state index is 13.3. The van der Waals surface area contributed by atoms with Crippen molar-refractivity contribution in [3.8, 4) is 0 Å². The Kier molecular flexibility index (Phi) is 14.9. The highest BCUT2D eigenvalue weighted by Crippen LogP contribution is 2.31. The second-order valence-corrected chi connectivity index (χ2v) is 12.5. The zero-order chi connectivity index (χ0) is 36.8. The van der Waals surface area contributed by atoms with Gasteiger partial charge in [0.25, 0.3) is 0 Å². The Morgan fingerprint density at radius 1 is 0.647 bits per heavy atom. The van der Waals surface area contributed by atoms with Gasteiger partial charge in [0.1, 0.15) is 12.1 Å². The number of likely N-dealkylation sites (tertiary alicyclic amines) is 1. The van der Waals surface area contributed by atoms with Crippen molar-refractivity contribution in [2.75, 3.05) is 27.3 Å². The highest BCUT2D eigenvalue weighted by molar-refractivity contribution is 6.65. The molecule has 6 rings (SSSR count). The molecule has 0 bridgehead atoms. The van der Waals surface area contributed by atoms with Gasteiger partial charge < -0.3 is 29.9 Å². The lowest BCUT2D eigenvalue weighted by molar-refractivity contribution is -0.151. The minimum atomic E-state index is -0.748. The maximum Gasteiger partial charge on any atom is 0.328 e. The summed E-state index contributed by atoms with van der Waals surface area (Å²) in [5, 5.41) is 21.4. The number of hydrogen-bond donors (Lipinski definition) is 3. The van der Waals surface area contributed by atoms with Crippen LogP contribution in [0.3, 0.4) is 0 Å². The average Bonchev–Trinajstić information content (AvgIpc) is 3.78. The second-order valence-electron chi connectivity index (χ2n) is 12.1. The zero-order valence-corrected chi connectivity index (χ0v) is 29.3. The standard InChI is InChI=1S/C20H21NO4.C14H11ClO.C6H11NO3/c1-25-20(24)17-12-16(22)13-21(17)19(23)18(14-8-4-2-5-9-14)15-10-6-3-7-11-15;15-14(16)13(11-7-3-1-4-8-11)12-9-5-2-6-10-12;1-10-6(9)5-2-4(8)3-7-5/h2-11,16-18,22H,12-13H2,1H3;1-10,13H;4-5,7-8H,2-3H2,1H3/t16-,17-;;4-,5-/m1.1/s1. The summed E-state index contributed by atoms with van der Waals surface area (Å²) in [6.45, 7) is 0.620. The molecule has 2 fully saturated rings. The van der Waals surface area contributed by atoms with Crippen LogP contribution in [0.5, 0.6) is 0 Å². The molecule has 0 aliphatic carbocycles. The van der Waals surface area contributed by atoms with Crippen LogP contribution in [0, 0.1) is 0 Å². The molecule has 10 nitrogen and oxygen atoms in total. The van der Waals surface area contributed by atoms with E-state index in [0.29, 0.717) is 13.0 Å². The number of aliphatic hydroxyl groups is 2. The molecule has 2 aliphatic heterocycles. The van der Waals surface area contributed by atoms with E-state index in [-0.39, 0.29) is 42.0 Å². The van der Waals surface area contributed by atoms with Gasteiger partial charge in [-0.05, 0) is 33.9 Å². The molecular weight excluding hydrogens is 672 g/mol. The number of esters is 2. The number of halogens is 1. The number of rotatable bonds is 8. The van der Waals surface area contributed by atoms with E-state index in [1.807, 2.05) is 121 Å². The molecule has 1 amide bonds. The van der Waals surface area contributed by atoms with Crippen molar-refractivity contribution in [3.05, 3.63) is 144 Å². The SMILES string of the molecule is COC(=O)[C@H]1C[C@@H](O)CN1.COC(=O)[C@H]1C[C@@H](O)CN1C(=O)C(c1ccccc1)c1ccccc1.O=C(Cl)C(c1ccccc1)c1ccccc1. The molecule has 0 radical (unpaired) electrons. The van der Waals surface area contributed by atoms with Crippen LogP contribution in [0.4, 0.5) is 0 Å². The quantitative estimate of drug-likeness (QED) is 0.179. The first-order valence-electron chi connectivity index (χ1n) is 16.6. The lowest BCUT2D eigenvalue weighted by Gasteiger charge is -2.28. The number of carbonyl (C=O) groups is 4. The Hall–Kier alpha value is -4.87. The Bertz CT molecular complexity index is 1620. The average molecular weight is 715 g/mol. The molecule has 11 heteroatoms. The highest BCUT2D eigenvalue weighted by atomic mass is 35.5. The van der Waals surface area contributed by atoms with Crippen molar-refractivity contribution in [1.82, 2.24) is 10.2 Å². The molecule has 268 valence electrons. The van der Waals surface area contributed by atoms with Crippen molar-refractivity contribution >= 4 is 34.7 Å². The van der Waals surface area contributed by atoms with E-state index in [9.17, 15) is 24.3 Å². The monoisotopic (exact) mass is 714 g/mol. The first-order chi connectivity index (χ1) is 24.6. The van der Waals surface area contributed by atoms with Crippen molar-refractivity contribution < 1.29 is 38.9 Å². The fourth-order valence-corrected chi connectivity index (χ4v) is 6.39. The number of amides is 1. The third-order valence-electron chi connectivity index (χ3n) is 8.63. The van der Waals surface area contributed by atoms with E-state index in [1.165, 1.54) is 19.1 Å². The van der Waals surface area contributed by atoms with Crippen molar-refractivity contribution in [2.45, 2.75) is 49.0 Å². The second kappa shape index (κ2) is 19.5. The van der Waals surface area contributed by atoms with Crippen molar-refractivity contribution in [1.29, 1.82) is 0 Å². The van der Waals surface area contributed by atoms with E-state index in [1.54, 1.807) is 0 Å². The normalized spacial score (nSPS) is 19.3. The number of nitrogens with zero attached hydrogens (tertiary/aromatic N) is 1. The van der Waals surface area contributed by atoms with Gasteiger partial charge in [-0.15, -0.1) is 0 Å². The molecule has 2 aliphatic rings. The van der Waals surface area contributed by atoms with Crippen LogP contribution in [0.2, 0.25) is 0 Å². The van der Waals surface area contributed by atoms with Gasteiger partial charge in [-0.25, -0.2) is 4.79 Å². The summed E-state index contributed by atoms with van der Waals surface area (Å²) < 4.78 is 9.28. The van der Waals surface area contributed by atoms with E-state index in [2.05, 4.69) is 10.1 Å². The largest absolute Gasteiger partial charge is 0.468 e. The van der Waals surface area contributed by atoms with E-state index >= 15 is 0 Å². The smallest absolute Gasteiger partial charge is 0.328 e. The first kappa shape index (κ1) is 38.9. The van der Waals surface area contributed by atoms with E-state index in [4.69, 9.17) is 21.4 Å². The van der Waals surface area contributed by atoms with Gasteiger partial charge in [0.2, 0.25) is 11.1 Å². The summed E-state index contributed by atoms with van der Waals surface area (Å²) in [5.74, 6) is -1.89. The Balaban J connectivity index is 0.000000191. The number of aliphatic hydroxyl groups excluding tert-OH is 2. The van der Waals surface area contributed by atoms with Crippen molar-refractivity contribution in [2.24, 2.45) is 0 Å². The number of carbonyl (C=O) groups excluding carboxylic acids is 4. The summed E-state index contributed by atoms with van der Waals surface area (Å²) in [5.41, 5.74) is 3.55. The molecule has 0 saturated carbocycles. The third kappa shape index (κ3) is 10.8. The van der Waals surface area contributed by atoms with Crippen LogP contribution in [-0.2, 0) is 28.7 Å². The molecule has 4 aromatic carbocycles. The predicted octanol–water partition coefficient (Wildman–Crippen LogP) is 4.42. The molecule has 0 spiro atoms. The topological polar surface area (TPSA) is 142 Å². The Morgan fingerprint density at radius 3 is 1.41 bits per heavy atom. The number of ether oxygens (including phenoxy) is 2. The lowest BCUT2D eigenvalue weighted by Crippen LogP contribution is -2.43. The minimum Gasteiger partial charge on any atom is -0.468 e. The van der Waals surface area contributed by atoms with Crippen LogP contribution >= 0.6 is 11.6 Å². The Morgan fingerprint density at radius 2 is 1.06 bits per heavy atom. The Labute approximate surface area is 303 Å². The van der Waals surface area contributed by atoms with Gasteiger partial charge in [0, 0.05) is 25.9 Å². The number of hydrogen-bond acceptors (Lipinski definition) is 9. The van der Waals surface area contributed by atoms with Gasteiger partial charge in [-0.1, -0.05) is 121 Å². The molecule has 4 atom stereocenters. The van der Waals surface area contributed by atoms with Crippen LogP contribution in [0.1, 0.15) is 46.9 Å². The predicted molar refractivity (Wildman–Crippen MR) is 193 cm³/mol. The van der Waals surface area contributed by atoms with Gasteiger partial charge >= 0.3 is 11.9 Å². The molecule has 3 N–H and O–H groups in total. The van der Waals surface area contributed by atoms with Crippen LogP contribution in [-0.4, -0.2) is 89.8 Å². The molecule has 0 aromatic heterocycles. The highest BCUT2D eigenvalue weighted by Gasteiger charge is 2.42. The molecule has 51 heavy (non-hydrogen) atoms. The third-order valence-corrected chi connectivity index (χ3v) is 8.85. The van der Waals surface area contributed by atoms with E-state index < -0.39 is 30.1 Å². The molecule has 2 heterocycles. The summed E-state index contributed by atoms with van der Waals surface area (Å²) >= 11 is 5.67. The first-order valence-corrected chi connectivity index (χ1v) is 17.0. The van der Waals surface area contributed by atoms with Gasteiger partial charge in [0.15, 0.2) is 0 Å². The van der Waals surface area contributed by atoms with Crippen LogP contribution in [0.25, 0.3) is 0 Å². The fourth-order valence-electron chi connectivity index (χ4n) is 6.14. The van der Waals surface area contributed by atoms with Gasteiger partial charge in [-0.2, -0.15) is 0 Å². The number of benzene rings is 4. The fraction of sp³-hybridized carbons (Fsp3) is 0.300. The number of β-amino-alcohol motifs (C(OH)–C–C–N with tert-alkyl or cyclic N) is 2. The summed E-state index contributed by atoms with van der Waals surface area (Å²) in [4.78, 5) is 49.1. The zero-order valence-electron chi connectivity index (χ0n) is 28.5. The van der Waals surface area contributed by atoms with Crippen molar-refractivity contribution in [3.63, 3.8) is 0 Å². The summed E-state index contributed by atoms with van der Waals surface area (Å²) in [6, 6.07) is 37.0. The van der Waals surface area contributed by atoms with E-state index in [0.717, 1.165) is 22.3 Å². The number of methoxy groups -OCH3 is 2. The minimum absolute atomic E-state index is 0.134. The van der Waals surface area contributed by atoms with Crippen LogP contribution in [0.15, 0.2) is 121 Å². The van der Waals surface area contributed by atoms with Gasteiger partial charge in [-0.3, -0.25) is 14.4 Å². The summed E-state index contributed by atoms with van der Waals surface area (Å²) in [6.07, 6.45) is -0.453. The number of nitrogens with one attached hydrogen (secondary N) is 1. The van der Waals surface area contributed by atoms with Gasteiger partial charge in [0.05, 0.1) is 38.3 Å². The molecule has 0 unspecified atom stereocenters.